The standard InChI is InChI=1S/C24H26N4O2/c1-17-23-20(25-26-22(29)16-30-19-12-8-5-9-13-19)14-24(2,3)15-21(23)28(27-17)18-10-6-4-7-11-18/h4-13H,14-16H2,1-3H3,(H,26,29)/b25-20+. The molecule has 1 amide bonds. The molecule has 1 heterocycles. The smallest absolute Gasteiger partial charge is 0.277 e. The molecule has 1 aliphatic carbocycles. The second kappa shape index (κ2) is 8.14. The van der Waals surface area contributed by atoms with E-state index >= 15 is 0 Å². The van der Waals surface area contributed by atoms with Crippen LogP contribution in [-0.2, 0) is 11.2 Å². The van der Waals surface area contributed by atoms with Crippen molar-refractivity contribution in [1.82, 2.24) is 15.2 Å². The molecule has 0 saturated heterocycles. The van der Waals surface area contributed by atoms with E-state index in [2.05, 4.69) is 24.4 Å². The first-order chi connectivity index (χ1) is 14.4. The van der Waals surface area contributed by atoms with Gasteiger partial charge in [-0.15, -0.1) is 0 Å². The van der Waals surface area contributed by atoms with Crippen LogP contribution >= 0.6 is 0 Å². The number of hydrazone groups is 1. The number of hydrogen-bond donors (Lipinski definition) is 1. The van der Waals surface area contributed by atoms with Gasteiger partial charge in [0.05, 0.1) is 22.8 Å². The van der Waals surface area contributed by atoms with E-state index in [4.69, 9.17) is 9.84 Å². The molecule has 1 aliphatic rings. The number of rotatable bonds is 5. The number of carbonyl (C=O) groups excluding carboxylic acids is 1. The summed E-state index contributed by atoms with van der Waals surface area (Å²) in [7, 11) is 0. The van der Waals surface area contributed by atoms with Gasteiger partial charge in [-0.3, -0.25) is 4.79 Å². The Labute approximate surface area is 176 Å². The lowest BCUT2D eigenvalue weighted by molar-refractivity contribution is -0.123. The second-order valence-electron chi connectivity index (χ2n) is 8.37. The lowest BCUT2D eigenvalue weighted by Crippen LogP contribution is -2.32. The molecule has 6 nitrogen and oxygen atoms in total. The number of amides is 1. The monoisotopic (exact) mass is 402 g/mol. The van der Waals surface area contributed by atoms with Crippen molar-refractivity contribution in [1.29, 1.82) is 0 Å². The molecule has 0 fully saturated rings. The minimum absolute atomic E-state index is 0.0100. The first-order valence-electron chi connectivity index (χ1n) is 10.1. The molecule has 0 spiro atoms. The van der Waals surface area contributed by atoms with Crippen molar-refractivity contribution in [2.75, 3.05) is 6.61 Å². The highest BCUT2D eigenvalue weighted by Crippen LogP contribution is 2.37. The fourth-order valence-corrected chi connectivity index (χ4v) is 3.88. The van der Waals surface area contributed by atoms with Crippen molar-refractivity contribution in [3.05, 3.63) is 77.6 Å². The van der Waals surface area contributed by atoms with Gasteiger partial charge in [0.15, 0.2) is 6.61 Å². The Morgan fingerprint density at radius 1 is 1.10 bits per heavy atom. The molecule has 4 rings (SSSR count). The molecule has 30 heavy (non-hydrogen) atoms. The van der Waals surface area contributed by atoms with Gasteiger partial charge in [-0.25, -0.2) is 10.1 Å². The molecule has 1 aromatic heterocycles. The van der Waals surface area contributed by atoms with E-state index < -0.39 is 0 Å². The Morgan fingerprint density at radius 3 is 2.47 bits per heavy atom. The molecule has 0 unspecified atom stereocenters. The number of hydrogen-bond acceptors (Lipinski definition) is 4. The third-order valence-corrected chi connectivity index (χ3v) is 5.17. The zero-order chi connectivity index (χ0) is 21.1. The van der Waals surface area contributed by atoms with Crippen molar-refractivity contribution < 1.29 is 9.53 Å². The van der Waals surface area contributed by atoms with E-state index in [9.17, 15) is 4.79 Å². The summed E-state index contributed by atoms with van der Waals surface area (Å²) in [5.74, 6) is 0.366. The van der Waals surface area contributed by atoms with Crippen molar-refractivity contribution >= 4 is 11.6 Å². The normalized spacial score (nSPS) is 16.2. The highest BCUT2D eigenvalue weighted by atomic mass is 16.5. The van der Waals surface area contributed by atoms with Crippen LogP contribution in [0.3, 0.4) is 0 Å². The fourth-order valence-electron chi connectivity index (χ4n) is 3.88. The highest BCUT2D eigenvalue weighted by molar-refractivity contribution is 6.04. The largest absolute Gasteiger partial charge is 0.484 e. The Balaban J connectivity index is 1.57. The lowest BCUT2D eigenvalue weighted by Gasteiger charge is -2.31. The molecular formula is C24H26N4O2. The van der Waals surface area contributed by atoms with E-state index in [1.54, 1.807) is 0 Å². The Morgan fingerprint density at radius 2 is 1.77 bits per heavy atom. The Bertz CT molecular complexity index is 1070. The first kappa shape index (κ1) is 19.9. The summed E-state index contributed by atoms with van der Waals surface area (Å²) in [4.78, 5) is 12.3. The molecular weight excluding hydrogens is 376 g/mol. The number of nitrogens with zero attached hydrogens (tertiary/aromatic N) is 3. The summed E-state index contributed by atoms with van der Waals surface area (Å²) in [6.07, 6.45) is 1.66. The van der Waals surface area contributed by atoms with Crippen molar-refractivity contribution in [3.63, 3.8) is 0 Å². The van der Waals surface area contributed by atoms with Crippen LogP contribution in [0, 0.1) is 12.3 Å². The van der Waals surface area contributed by atoms with Gasteiger partial charge in [-0.1, -0.05) is 50.2 Å². The first-order valence-corrected chi connectivity index (χ1v) is 10.1. The average molecular weight is 402 g/mol. The fraction of sp³-hybridized carbons (Fsp3) is 0.292. The molecule has 6 heteroatoms. The lowest BCUT2D eigenvalue weighted by atomic mass is 9.75. The maximum absolute atomic E-state index is 12.3. The summed E-state index contributed by atoms with van der Waals surface area (Å²) in [5, 5.41) is 9.26. The van der Waals surface area contributed by atoms with E-state index in [1.807, 2.05) is 72.3 Å². The maximum Gasteiger partial charge on any atom is 0.277 e. The second-order valence-corrected chi connectivity index (χ2v) is 8.37. The van der Waals surface area contributed by atoms with Gasteiger partial charge in [0.1, 0.15) is 5.75 Å². The van der Waals surface area contributed by atoms with E-state index in [0.717, 1.165) is 41.2 Å². The quantitative estimate of drug-likeness (QED) is 0.655. The summed E-state index contributed by atoms with van der Waals surface area (Å²) < 4.78 is 7.51. The van der Waals surface area contributed by atoms with Gasteiger partial charge in [0.25, 0.3) is 5.91 Å². The number of fused-ring (bicyclic) bond motifs is 1. The summed E-state index contributed by atoms with van der Waals surface area (Å²) in [5.41, 5.74) is 7.63. The van der Waals surface area contributed by atoms with Crippen LogP contribution < -0.4 is 10.2 Å². The minimum Gasteiger partial charge on any atom is -0.484 e. The van der Waals surface area contributed by atoms with Crippen LogP contribution in [0.25, 0.3) is 5.69 Å². The van der Waals surface area contributed by atoms with E-state index in [0.29, 0.717) is 5.75 Å². The Kier molecular flexibility index (Phi) is 5.40. The van der Waals surface area contributed by atoms with Crippen LogP contribution in [0.2, 0.25) is 0 Å². The molecule has 0 radical (unpaired) electrons. The highest BCUT2D eigenvalue weighted by Gasteiger charge is 2.34. The zero-order valence-electron chi connectivity index (χ0n) is 17.6. The average Bonchev–Trinajstić information content (AvgIpc) is 3.07. The molecule has 2 aromatic carbocycles. The van der Waals surface area contributed by atoms with Crippen LogP contribution in [0.4, 0.5) is 0 Å². The van der Waals surface area contributed by atoms with Crippen LogP contribution in [0.15, 0.2) is 65.8 Å². The number of para-hydroxylation sites is 2. The number of nitrogens with one attached hydrogen (secondary N) is 1. The third-order valence-electron chi connectivity index (χ3n) is 5.17. The Hall–Kier alpha value is -3.41. The van der Waals surface area contributed by atoms with Crippen LogP contribution in [-0.4, -0.2) is 28.0 Å². The zero-order valence-corrected chi connectivity index (χ0v) is 17.6. The van der Waals surface area contributed by atoms with Gasteiger partial charge >= 0.3 is 0 Å². The maximum atomic E-state index is 12.3. The van der Waals surface area contributed by atoms with E-state index in [1.165, 1.54) is 0 Å². The predicted molar refractivity (Wildman–Crippen MR) is 117 cm³/mol. The molecule has 0 bridgehead atoms. The van der Waals surface area contributed by atoms with Gasteiger partial charge in [0, 0.05) is 5.56 Å². The molecule has 0 aliphatic heterocycles. The molecule has 154 valence electrons. The summed E-state index contributed by atoms with van der Waals surface area (Å²) in [6.45, 7) is 6.33. The van der Waals surface area contributed by atoms with Gasteiger partial charge < -0.3 is 4.74 Å². The minimum atomic E-state index is -0.288. The predicted octanol–water partition coefficient (Wildman–Crippen LogP) is 4.05. The number of aromatic nitrogens is 2. The molecule has 3 aromatic rings. The van der Waals surface area contributed by atoms with Gasteiger partial charge in [-0.2, -0.15) is 10.2 Å². The van der Waals surface area contributed by atoms with Crippen LogP contribution in [0.1, 0.15) is 37.2 Å². The number of carbonyl (C=O) groups is 1. The van der Waals surface area contributed by atoms with Crippen molar-refractivity contribution in [3.8, 4) is 11.4 Å². The topological polar surface area (TPSA) is 68.5 Å². The molecule has 1 N–H and O–H groups in total. The number of ether oxygens (including phenoxy) is 1. The van der Waals surface area contributed by atoms with Crippen molar-refractivity contribution in [2.45, 2.75) is 33.6 Å². The van der Waals surface area contributed by atoms with Crippen molar-refractivity contribution in [2.24, 2.45) is 10.5 Å². The van der Waals surface area contributed by atoms with Gasteiger partial charge in [0.2, 0.25) is 0 Å². The third kappa shape index (κ3) is 4.27. The van der Waals surface area contributed by atoms with Crippen LogP contribution in [0.5, 0.6) is 5.75 Å². The number of benzene rings is 2. The van der Waals surface area contributed by atoms with Gasteiger partial charge in [-0.05, 0) is 49.4 Å². The van der Waals surface area contributed by atoms with E-state index in [-0.39, 0.29) is 17.9 Å². The molecule has 0 atom stereocenters. The summed E-state index contributed by atoms with van der Waals surface area (Å²) >= 11 is 0. The molecule has 0 saturated carbocycles. The summed E-state index contributed by atoms with van der Waals surface area (Å²) in [6, 6.07) is 19.4. The SMILES string of the molecule is Cc1nn(-c2ccccc2)c2c1/C(=N/NC(=O)COc1ccccc1)CC(C)(C)C2. The number of aryl methyl sites for hydroxylation is 1.